The topological polar surface area (TPSA) is 17.8 Å². The molecule has 2 nitrogen and oxygen atoms in total. The smallest absolute Gasteiger partial charge is 0.123 e. The van der Waals surface area contributed by atoms with E-state index in [1.54, 1.807) is 12.1 Å². The van der Waals surface area contributed by atoms with Gasteiger partial charge in [-0.15, -0.1) is 0 Å². The van der Waals surface area contributed by atoms with Gasteiger partial charge in [-0.1, -0.05) is 61.9 Å². The number of aromatic nitrogens is 2. The van der Waals surface area contributed by atoms with Gasteiger partial charge in [0.05, 0.1) is 12.0 Å². The number of halogens is 1. The average molecular weight is 370 g/mol. The first-order chi connectivity index (χ1) is 13.7. The molecule has 4 aromatic rings. The van der Waals surface area contributed by atoms with Crippen LogP contribution in [0.5, 0.6) is 0 Å². The molecule has 0 aliphatic carbocycles. The van der Waals surface area contributed by atoms with Gasteiger partial charge in [0.25, 0.3) is 0 Å². The van der Waals surface area contributed by atoms with Crippen molar-refractivity contribution in [3.8, 4) is 22.4 Å². The van der Waals surface area contributed by atoms with Gasteiger partial charge in [-0.25, -0.2) is 9.37 Å². The van der Waals surface area contributed by atoms with Crippen molar-refractivity contribution in [1.82, 2.24) is 9.55 Å². The van der Waals surface area contributed by atoms with Crippen molar-refractivity contribution in [2.75, 3.05) is 0 Å². The highest BCUT2D eigenvalue weighted by Gasteiger charge is 2.13. The van der Waals surface area contributed by atoms with Gasteiger partial charge in [-0.2, -0.15) is 0 Å². The summed E-state index contributed by atoms with van der Waals surface area (Å²) in [7, 11) is 0. The van der Waals surface area contributed by atoms with Gasteiger partial charge >= 0.3 is 0 Å². The van der Waals surface area contributed by atoms with Crippen LogP contribution in [0.4, 0.5) is 4.39 Å². The Bertz CT molecular complexity index is 1050. The molecule has 3 aromatic carbocycles. The Balaban J connectivity index is 1.66. The van der Waals surface area contributed by atoms with Crippen LogP contribution in [0.25, 0.3) is 22.4 Å². The van der Waals surface area contributed by atoms with E-state index >= 15 is 0 Å². The second-order valence-corrected chi connectivity index (χ2v) is 6.99. The van der Waals surface area contributed by atoms with Crippen molar-refractivity contribution in [3.05, 3.63) is 102 Å². The molecule has 0 aliphatic rings. The van der Waals surface area contributed by atoms with Crippen molar-refractivity contribution in [2.24, 2.45) is 0 Å². The summed E-state index contributed by atoms with van der Waals surface area (Å²) in [6, 6.07) is 25.7. The van der Waals surface area contributed by atoms with Crippen LogP contribution < -0.4 is 0 Å². The Morgan fingerprint density at radius 1 is 0.821 bits per heavy atom. The fourth-order valence-corrected chi connectivity index (χ4v) is 3.57. The van der Waals surface area contributed by atoms with Crippen LogP contribution in [0.2, 0.25) is 0 Å². The monoisotopic (exact) mass is 370 g/mol. The van der Waals surface area contributed by atoms with Crippen molar-refractivity contribution in [2.45, 2.75) is 26.3 Å². The molecule has 0 fully saturated rings. The van der Waals surface area contributed by atoms with Gasteiger partial charge in [-0.3, -0.25) is 0 Å². The summed E-state index contributed by atoms with van der Waals surface area (Å²) in [5.41, 5.74) is 6.77. The molecule has 0 spiro atoms. The number of hydrogen-bond donors (Lipinski definition) is 0. The highest BCUT2D eigenvalue weighted by molar-refractivity contribution is 5.64. The van der Waals surface area contributed by atoms with Crippen LogP contribution in [-0.2, 0) is 13.0 Å². The standard InChI is InChI=1S/C25H23FN2/c1-2-7-24-25(21-12-14-23(26)15-13-21)27-18-28(24)17-19-8-6-11-22(16-19)20-9-4-3-5-10-20/h3-6,8-16,18H,2,7,17H2,1H3. The molecule has 0 atom stereocenters. The lowest BCUT2D eigenvalue weighted by molar-refractivity contribution is 0.628. The van der Waals surface area contributed by atoms with E-state index in [-0.39, 0.29) is 5.82 Å². The summed E-state index contributed by atoms with van der Waals surface area (Å²) in [5, 5.41) is 0. The largest absolute Gasteiger partial charge is 0.330 e. The van der Waals surface area contributed by atoms with E-state index in [0.29, 0.717) is 0 Å². The molecular formula is C25H23FN2. The third-order valence-electron chi connectivity index (χ3n) is 4.94. The predicted molar refractivity (Wildman–Crippen MR) is 113 cm³/mol. The molecular weight excluding hydrogens is 347 g/mol. The Labute approximate surface area is 165 Å². The highest BCUT2D eigenvalue weighted by atomic mass is 19.1. The van der Waals surface area contributed by atoms with E-state index in [1.165, 1.54) is 34.5 Å². The van der Waals surface area contributed by atoms with Crippen molar-refractivity contribution in [1.29, 1.82) is 0 Å². The molecule has 0 saturated carbocycles. The van der Waals surface area contributed by atoms with Gasteiger partial charge in [0, 0.05) is 17.8 Å². The van der Waals surface area contributed by atoms with E-state index in [1.807, 2.05) is 12.4 Å². The second-order valence-electron chi connectivity index (χ2n) is 6.99. The van der Waals surface area contributed by atoms with Crippen molar-refractivity contribution < 1.29 is 4.39 Å². The molecule has 0 N–H and O–H groups in total. The minimum Gasteiger partial charge on any atom is -0.330 e. The van der Waals surface area contributed by atoms with Crippen LogP contribution in [0.1, 0.15) is 24.6 Å². The Hall–Kier alpha value is -3.20. The summed E-state index contributed by atoms with van der Waals surface area (Å²) in [6.07, 6.45) is 3.87. The van der Waals surface area contributed by atoms with Gasteiger partial charge in [0.2, 0.25) is 0 Å². The summed E-state index contributed by atoms with van der Waals surface area (Å²) in [5.74, 6) is -0.224. The fraction of sp³-hybridized carbons (Fsp3) is 0.160. The summed E-state index contributed by atoms with van der Waals surface area (Å²) >= 11 is 0. The molecule has 4 rings (SSSR count). The Kier molecular flexibility index (Phi) is 5.34. The maximum absolute atomic E-state index is 13.3. The number of benzene rings is 3. The molecule has 0 unspecified atom stereocenters. The molecule has 140 valence electrons. The first-order valence-electron chi connectivity index (χ1n) is 9.69. The van der Waals surface area contributed by atoms with Crippen molar-refractivity contribution >= 4 is 0 Å². The van der Waals surface area contributed by atoms with E-state index in [0.717, 1.165) is 30.6 Å². The maximum atomic E-state index is 13.3. The molecule has 0 aliphatic heterocycles. The summed E-state index contributed by atoms with van der Waals surface area (Å²) in [6.45, 7) is 2.94. The zero-order chi connectivity index (χ0) is 19.3. The minimum absolute atomic E-state index is 0.224. The fourth-order valence-electron chi connectivity index (χ4n) is 3.57. The maximum Gasteiger partial charge on any atom is 0.123 e. The second kappa shape index (κ2) is 8.22. The number of imidazole rings is 1. The lowest BCUT2D eigenvalue weighted by atomic mass is 10.0. The van der Waals surface area contributed by atoms with Gasteiger partial charge in [-0.05, 0) is 53.4 Å². The van der Waals surface area contributed by atoms with Gasteiger partial charge in [0.1, 0.15) is 5.82 Å². The lowest BCUT2D eigenvalue weighted by Crippen LogP contribution is -2.04. The van der Waals surface area contributed by atoms with Crippen LogP contribution in [-0.4, -0.2) is 9.55 Å². The first kappa shape index (κ1) is 18.2. The minimum atomic E-state index is -0.224. The third-order valence-corrected chi connectivity index (χ3v) is 4.94. The van der Waals surface area contributed by atoms with Crippen LogP contribution in [0, 0.1) is 5.82 Å². The third kappa shape index (κ3) is 3.89. The zero-order valence-electron chi connectivity index (χ0n) is 16.0. The Morgan fingerprint density at radius 2 is 1.57 bits per heavy atom. The highest BCUT2D eigenvalue weighted by Crippen LogP contribution is 2.26. The van der Waals surface area contributed by atoms with E-state index in [2.05, 4.69) is 65.0 Å². The number of nitrogens with zero attached hydrogens (tertiary/aromatic N) is 2. The average Bonchev–Trinajstić information content (AvgIpc) is 3.12. The van der Waals surface area contributed by atoms with Crippen molar-refractivity contribution in [3.63, 3.8) is 0 Å². The first-order valence-corrected chi connectivity index (χ1v) is 9.69. The molecule has 0 bridgehead atoms. The molecule has 1 heterocycles. The quantitative estimate of drug-likeness (QED) is 0.386. The SMILES string of the molecule is CCCc1c(-c2ccc(F)cc2)ncn1Cc1cccc(-c2ccccc2)c1. The van der Waals surface area contributed by atoms with E-state index < -0.39 is 0 Å². The molecule has 28 heavy (non-hydrogen) atoms. The number of rotatable bonds is 6. The lowest BCUT2D eigenvalue weighted by Gasteiger charge is -2.11. The molecule has 0 radical (unpaired) electrons. The summed E-state index contributed by atoms with van der Waals surface area (Å²) in [4.78, 5) is 4.65. The molecule has 3 heteroatoms. The van der Waals surface area contributed by atoms with Crippen LogP contribution >= 0.6 is 0 Å². The molecule has 0 saturated heterocycles. The van der Waals surface area contributed by atoms with Crippen LogP contribution in [0.15, 0.2) is 85.2 Å². The van der Waals surface area contributed by atoms with E-state index in [4.69, 9.17) is 0 Å². The Morgan fingerprint density at radius 3 is 2.32 bits per heavy atom. The van der Waals surface area contributed by atoms with Crippen LogP contribution in [0.3, 0.4) is 0 Å². The number of hydrogen-bond acceptors (Lipinski definition) is 1. The molecule has 1 aromatic heterocycles. The van der Waals surface area contributed by atoms with Gasteiger partial charge in [0.15, 0.2) is 0 Å². The zero-order valence-corrected chi connectivity index (χ0v) is 16.0. The molecule has 0 amide bonds. The van der Waals surface area contributed by atoms with Gasteiger partial charge < -0.3 is 4.57 Å². The normalized spacial score (nSPS) is 10.9. The van der Waals surface area contributed by atoms with E-state index in [9.17, 15) is 4.39 Å². The summed E-state index contributed by atoms with van der Waals surface area (Å²) < 4.78 is 15.5. The predicted octanol–water partition coefficient (Wildman–Crippen LogP) is 6.36.